The van der Waals surface area contributed by atoms with E-state index in [1.807, 2.05) is 31.2 Å². The van der Waals surface area contributed by atoms with Gasteiger partial charge < -0.3 is 10.2 Å². The van der Waals surface area contributed by atoms with E-state index in [4.69, 9.17) is 11.6 Å². The molecular formula is C17H16ClFN2O. The molecule has 1 atom stereocenters. The first-order valence-corrected chi connectivity index (χ1v) is 7.53. The maximum Gasteiger partial charge on any atom is 0.246 e. The highest BCUT2D eigenvalue weighted by molar-refractivity contribution is 6.30. The van der Waals surface area contributed by atoms with Crippen LogP contribution in [0.25, 0.3) is 0 Å². The average Bonchev–Trinajstić information content (AvgIpc) is 2.82. The molecule has 1 amide bonds. The molecule has 0 radical (unpaired) electrons. The number of benzene rings is 2. The molecule has 1 N–H and O–H groups in total. The monoisotopic (exact) mass is 318 g/mol. The molecule has 2 aromatic carbocycles. The van der Waals surface area contributed by atoms with Crippen LogP contribution < -0.4 is 10.2 Å². The molecule has 0 spiro atoms. The number of hydrogen-bond donors (Lipinski definition) is 1. The minimum Gasteiger partial charge on any atom is -0.374 e. The largest absolute Gasteiger partial charge is 0.374 e. The van der Waals surface area contributed by atoms with Crippen LogP contribution in [0, 0.1) is 5.82 Å². The number of nitrogens with one attached hydrogen (secondary N) is 1. The Kier molecular flexibility index (Phi) is 4.03. The van der Waals surface area contributed by atoms with Crippen molar-refractivity contribution in [1.82, 2.24) is 0 Å². The van der Waals surface area contributed by atoms with Crippen molar-refractivity contribution in [2.75, 3.05) is 16.8 Å². The first-order chi connectivity index (χ1) is 10.6. The lowest BCUT2D eigenvalue weighted by Crippen LogP contribution is -2.39. The lowest BCUT2D eigenvalue weighted by molar-refractivity contribution is -0.117. The van der Waals surface area contributed by atoms with E-state index in [1.165, 1.54) is 17.7 Å². The molecule has 3 nitrogen and oxygen atoms in total. The number of amides is 1. The number of para-hydroxylation sites is 1. The number of halogens is 2. The number of hydrogen-bond acceptors (Lipinski definition) is 2. The molecule has 114 valence electrons. The van der Waals surface area contributed by atoms with Crippen LogP contribution in [0.5, 0.6) is 0 Å². The highest BCUT2D eigenvalue weighted by Gasteiger charge is 2.30. The van der Waals surface area contributed by atoms with Gasteiger partial charge in [0.05, 0.1) is 12.2 Å². The van der Waals surface area contributed by atoms with Gasteiger partial charge in [-0.05, 0) is 43.2 Å². The lowest BCUT2D eigenvalue weighted by Gasteiger charge is -2.23. The van der Waals surface area contributed by atoms with Crippen molar-refractivity contribution >= 4 is 28.9 Å². The van der Waals surface area contributed by atoms with Crippen molar-refractivity contribution in [3.05, 3.63) is 58.9 Å². The van der Waals surface area contributed by atoms with Crippen LogP contribution in [0.15, 0.2) is 42.5 Å². The summed E-state index contributed by atoms with van der Waals surface area (Å²) in [5.74, 6) is -0.540. The van der Waals surface area contributed by atoms with Crippen molar-refractivity contribution in [2.45, 2.75) is 19.4 Å². The van der Waals surface area contributed by atoms with Gasteiger partial charge in [0.25, 0.3) is 0 Å². The van der Waals surface area contributed by atoms with Crippen LogP contribution in [0.2, 0.25) is 5.02 Å². The van der Waals surface area contributed by atoms with E-state index in [9.17, 15) is 9.18 Å². The lowest BCUT2D eigenvalue weighted by atomic mass is 10.1. The summed E-state index contributed by atoms with van der Waals surface area (Å²) in [6.45, 7) is 2.05. The minimum absolute atomic E-state index is 0.0389. The van der Waals surface area contributed by atoms with Crippen LogP contribution in [-0.2, 0) is 11.2 Å². The molecule has 5 heteroatoms. The summed E-state index contributed by atoms with van der Waals surface area (Å²) < 4.78 is 13.7. The summed E-state index contributed by atoms with van der Waals surface area (Å²) in [6, 6.07) is 12.3. The molecule has 1 unspecified atom stereocenters. The maximum atomic E-state index is 13.7. The average molecular weight is 319 g/mol. The Morgan fingerprint density at radius 1 is 1.36 bits per heavy atom. The highest BCUT2D eigenvalue weighted by Crippen LogP contribution is 2.31. The third-order valence-electron chi connectivity index (χ3n) is 3.84. The smallest absolute Gasteiger partial charge is 0.246 e. The zero-order chi connectivity index (χ0) is 15.7. The molecule has 0 fully saturated rings. The second-order valence-electron chi connectivity index (χ2n) is 5.42. The van der Waals surface area contributed by atoms with Crippen molar-refractivity contribution < 1.29 is 9.18 Å². The fourth-order valence-corrected chi connectivity index (χ4v) is 2.99. The van der Waals surface area contributed by atoms with Crippen molar-refractivity contribution in [3.63, 3.8) is 0 Å². The molecule has 1 aliphatic rings. The Morgan fingerprint density at radius 2 is 2.14 bits per heavy atom. The van der Waals surface area contributed by atoms with Crippen LogP contribution >= 0.6 is 11.6 Å². The summed E-state index contributed by atoms with van der Waals surface area (Å²) in [5.41, 5.74) is 2.39. The number of carbonyl (C=O) groups excluding carboxylic acids is 1. The Labute approximate surface area is 133 Å². The Balaban J connectivity index is 1.72. The molecule has 1 heterocycles. The molecule has 0 aromatic heterocycles. The number of fused-ring (bicyclic) bond motifs is 1. The molecule has 0 saturated heterocycles. The summed E-state index contributed by atoms with van der Waals surface area (Å²) in [7, 11) is 0. The SMILES string of the molecule is CC1Cc2ccccc2N1C(=O)CNc1ccc(Cl)cc1F. The van der Waals surface area contributed by atoms with E-state index in [-0.39, 0.29) is 24.2 Å². The number of carbonyl (C=O) groups is 1. The minimum atomic E-state index is -0.463. The molecule has 22 heavy (non-hydrogen) atoms. The summed E-state index contributed by atoms with van der Waals surface area (Å²) >= 11 is 5.72. The van der Waals surface area contributed by atoms with Crippen LogP contribution in [-0.4, -0.2) is 18.5 Å². The van der Waals surface area contributed by atoms with Gasteiger partial charge in [-0.1, -0.05) is 29.8 Å². The molecule has 3 rings (SSSR count). The number of anilines is 2. The van der Waals surface area contributed by atoms with Gasteiger partial charge in [0.2, 0.25) is 5.91 Å². The number of rotatable bonds is 3. The van der Waals surface area contributed by atoms with E-state index in [0.29, 0.717) is 5.02 Å². The van der Waals surface area contributed by atoms with Gasteiger partial charge in [0.15, 0.2) is 0 Å². The third kappa shape index (κ3) is 2.79. The molecule has 0 aliphatic carbocycles. The highest BCUT2D eigenvalue weighted by atomic mass is 35.5. The van der Waals surface area contributed by atoms with Gasteiger partial charge in [0, 0.05) is 16.8 Å². The molecule has 0 saturated carbocycles. The van der Waals surface area contributed by atoms with Crippen LogP contribution in [0.1, 0.15) is 12.5 Å². The predicted octanol–water partition coefficient (Wildman–Crippen LogP) is 3.87. The van der Waals surface area contributed by atoms with Gasteiger partial charge in [-0.2, -0.15) is 0 Å². The predicted molar refractivity (Wildman–Crippen MR) is 87.0 cm³/mol. The summed E-state index contributed by atoms with van der Waals surface area (Å²) in [5, 5.41) is 3.17. The second kappa shape index (κ2) is 5.97. The fourth-order valence-electron chi connectivity index (χ4n) is 2.83. The first kappa shape index (κ1) is 14.9. The van der Waals surface area contributed by atoms with E-state index in [1.54, 1.807) is 11.0 Å². The van der Waals surface area contributed by atoms with Gasteiger partial charge in [-0.25, -0.2) is 4.39 Å². The zero-order valence-electron chi connectivity index (χ0n) is 12.1. The Morgan fingerprint density at radius 3 is 2.91 bits per heavy atom. The fraction of sp³-hybridized carbons (Fsp3) is 0.235. The molecular weight excluding hydrogens is 303 g/mol. The first-order valence-electron chi connectivity index (χ1n) is 7.15. The van der Waals surface area contributed by atoms with E-state index < -0.39 is 5.82 Å². The van der Waals surface area contributed by atoms with Gasteiger partial charge in [0.1, 0.15) is 5.82 Å². The van der Waals surface area contributed by atoms with Crippen LogP contribution in [0.3, 0.4) is 0 Å². The van der Waals surface area contributed by atoms with E-state index in [2.05, 4.69) is 5.32 Å². The zero-order valence-corrected chi connectivity index (χ0v) is 12.9. The second-order valence-corrected chi connectivity index (χ2v) is 5.86. The van der Waals surface area contributed by atoms with Gasteiger partial charge in [-0.3, -0.25) is 4.79 Å². The van der Waals surface area contributed by atoms with E-state index >= 15 is 0 Å². The molecule has 1 aliphatic heterocycles. The molecule has 0 bridgehead atoms. The van der Waals surface area contributed by atoms with Crippen LogP contribution in [0.4, 0.5) is 15.8 Å². The standard InChI is InChI=1S/C17H16ClFN2O/c1-11-8-12-4-2-3-5-16(12)21(11)17(22)10-20-15-7-6-13(18)9-14(15)19/h2-7,9,11,20H,8,10H2,1H3. The summed E-state index contributed by atoms with van der Waals surface area (Å²) in [4.78, 5) is 14.3. The summed E-state index contributed by atoms with van der Waals surface area (Å²) in [6.07, 6.45) is 0.844. The Hall–Kier alpha value is -2.07. The number of nitrogens with zero attached hydrogens (tertiary/aromatic N) is 1. The topological polar surface area (TPSA) is 32.3 Å². The van der Waals surface area contributed by atoms with Crippen molar-refractivity contribution in [2.24, 2.45) is 0 Å². The maximum absolute atomic E-state index is 13.7. The molecule has 2 aromatic rings. The Bertz CT molecular complexity index is 720. The third-order valence-corrected chi connectivity index (χ3v) is 4.07. The van der Waals surface area contributed by atoms with E-state index in [0.717, 1.165) is 12.1 Å². The van der Waals surface area contributed by atoms with Gasteiger partial charge in [-0.15, -0.1) is 0 Å². The van der Waals surface area contributed by atoms with Crippen molar-refractivity contribution in [1.29, 1.82) is 0 Å². The van der Waals surface area contributed by atoms with Gasteiger partial charge >= 0.3 is 0 Å². The normalized spacial score (nSPS) is 16.5. The quantitative estimate of drug-likeness (QED) is 0.931. The van der Waals surface area contributed by atoms with Crippen molar-refractivity contribution in [3.8, 4) is 0 Å².